The molecule has 0 spiro atoms. The lowest BCUT2D eigenvalue weighted by molar-refractivity contribution is -0.137. The molecule has 124 valence electrons. The smallest absolute Gasteiger partial charge is 0.416 e. The lowest BCUT2D eigenvalue weighted by atomic mass is 10.1. The first kappa shape index (κ1) is 17.1. The molecule has 0 aromatic heterocycles. The minimum atomic E-state index is -4.36. The molecule has 2 aromatic carbocycles. The van der Waals surface area contributed by atoms with Crippen LogP contribution in [0.2, 0.25) is 0 Å². The number of halogens is 3. The van der Waals surface area contributed by atoms with Gasteiger partial charge in [0, 0.05) is 18.8 Å². The highest BCUT2D eigenvalue weighted by Crippen LogP contribution is 2.30. The van der Waals surface area contributed by atoms with Gasteiger partial charge in [-0.15, -0.1) is 0 Å². The molecule has 0 unspecified atom stereocenters. The second-order valence-corrected chi connectivity index (χ2v) is 5.04. The number of benzene rings is 2. The zero-order chi connectivity index (χ0) is 16.9. The second-order valence-electron chi connectivity index (χ2n) is 5.04. The predicted octanol–water partition coefficient (Wildman–Crippen LogP) is 3.71. The van der Waals surface area contributed by atoms with Crippen molar-refractivity contribution in [1.82, 2.24) is 0 Å². The van der Waals surface area contributed by atoms with E-state index in [9.17, 15) is 18.3 Å². The summed E-state index contributed by atoms with van der Waals surface area (Å²) in [5.41, 5.74) is 0.662. The zero-order valence-corrected chi connectivity index (χ0v) is 12.7. The first-order valence-electron chi connectivity index (χ1n) is 7.10. The standard InChI is InChI=1S/C17H18F3NO2/c1-23-16-7-5-15(6-8-16)21(9-10-22)12-13-3-2-4-14(11-13)17(18,19)20/h2-8,11,22H,9-10,12H2,1H3. The Labute approximate surface area is 132 Å². The third kappa shape index (κ3) is 4.63. The summed E-state index contributed by atoms with van der Waals surface area (Å²) >= 11 is 0. The summed E-state index contributed by atoms with van der Waals surface area (Å²) < 4.78 is 43.5. The first-order valence-corrected chi connectivity index (χ1v) is 7.10. The summed E-state index contributed by atoms with van der Waals surface area (Å²) in [5.74, 6) is 0.691. The van der Waals surface area contributed by atoms with Crippen LogP contribution in [0.4, 0.5) is 18.9 Å². The van der Waals surface area contributed by atoms with Crippen molar-refractivity contribution in [3.05, 3.63) is 59.7 Å². The largest absolute Gasteiger partial charge is 0.497 e. The molecule has 0 atom stereocenters. The fourth-order valence-corrected chi connectivity index (χ4v) is 2.28. The van der Waals surface area contributed by atoms with Crippen molar-refractivity contribution in [2.75, 3.05) is 25.2 Å². The van der Waals surface area contributed by atoms with Crippen molar-refractivity contribution in [1.29, 1.82) is 0 Å². The van der Waals surface area contributed by atoms with Crippen molar-refractivity contribution in [2.45, 2.75) is 12.7 Å². The molecule has 0 saturated carbocycles. The third-order valence-electron chi connectivity index (χ3n) is 3.44. The number of alkyl halides is 3. The SMILES string of the molecule is COc1ccc(N(CCO)Cc2cccc(C(F)(F)F)c2)cc1. The van der Waals surface area contributed by atoms with Gasteiger partial charge in [0.25, 0.3) is 0 Å². The lowest BCUT2D eigenvalue weighted by Gasteiger charge is -2.24. The van der Waals surface area contributed by atoms with Gasteiger partial charge in [-0.1, -0.05) is 12.1 Å². The maximum absolute atomic E-state index is 12.8. The van der Waals surface area contributed by atoms with Crippen LogP contribution in [0.3, 0.4) is 0 Å². The molecule has 2 rings (SSSR count). The van der Waals surface area contributed by atoms with Gasteiger partial charge >= 0.3 is 6.18 Å². The molecule has 0 fully saturated rings. The molecular formula is C17H18F3NO2. The van der Waals surface area contributed by atoms with E-state index in [1.54, 1.807) is 25.3 Å². The Bertz CT molecular complexity index is 626. The average molecular weight is 325 g/mol. The summed E-state index contributed by atoms with van der Waals surface area (Å²) in [6, 6.07) is 12.4. The quantitative estimate of drug-likeness (QED) is 0.879. The molecular weight excluding hydrogens is 307 g/mol. The summed E-state index contributed by atoms with van der Waals surface area (Å²) in [7, 11) is 1.56. The van der Waals surface area contributed by atoms with Gasteiger partial charge in [-0.25, -0.2) is 0 Å². The Morgan fingerprint density at radius 2 is 1.78 bits per heavy atom. The predicted molar refractivity (Wildman–Crippen MR) is 82.6 cm³/mol. The van der Waals surface area contributed by atoms with Gasteiger partial charge in [0.15, 0.2) is 0 Å². The summed E-state index contributed by atoms with van der Waals surface area (Å²) in [4.78, 5) is 1.81. The number of ether oxygens (including phenoxy) is 1. The van der Waals surface area contributed by atoms with E-state index in [0.717, 1.165) is 17.8 Å². The summed E-state index contributed by atoms with van der Waals surface area (Å²) in [6.07, 6.45) is -4.36. The van der Waals surface area contributed by atoms with E-state index in [1.165, 1.54) is 6.07 Å². The van der Waals surface area contributed by atoms with Gasteiger partial charge in [-0.3, -0.25) is 0 Å². The van der Waals surface area contributed by atoms with Crippen LogP contribution >= 0.6 is 0 Å². The van der Waals surface area contributed by atoms with Crippen LogP contribution in [0.15, 0.2) is 48.5 Å². The van der Waals surface area contributed by atoms with Crippen LogP contribution < -0.4 is 9.64 Å². The molecule has 0 amide bonds. The molecule has 0 radical (unpaired) electrons. The van der Waals surface area contributed by atoms with Crippen LogP contribution in [0.1, 0.15) is 11.1 Å². The van der Waals surface area contributed by atoms with Crippen molar-refractivity contribution in [3.63, 3.8) is 0 Å². The molecule has 2 aromatic rings. The van der Waals surface area contributed by atoms with E-state index < -0.39 is 11.7 Å². The van der Waals surface area contributed by atoms with Gasteiger partial charge in [-0.05, 0) is 42.0 Å². The van der Waals surface area contributed by atoms with Gasteiger partial charge < -0.3 is 14.7 Å². The molecule has 0 aliphatic carbocycles. The molecule has 0 heterocycles. The molecule has 23 heavy (non-hydrogen) atoms. The number of nitrogens with zero attached hydrogens (tertiary/aromatic N) is 1. The first-order chi connectivity index (χ1) is 10.9. The molecule has 1 N–H and O–H groups in total. The van der Waals surface area contributed by atoms with Gasteiger partial charge in [0.05, 0.1) is 19.3 Å². The van der Waals surface area contributed by atoms with E-state index in [1.807, 2.05) is 17.0 Å². The topological polar surface area (TPSA) is 32.7 Å². The van der Waals surface area contributed by atoms with E-state index >= 15 is 0 Å². The van der Waals surface area contributed by atoms with Crippen molar-refractivity contribution < 1.29 is 23.0 Å². The molecule has 6 heteroatoms. The van der Waals surface area contributed by atoms with E-state index in [4.69, 9.17) is 4.74 Å². The van der Waals surface area contributed by atoms with Gasteiger partial charge in [-0.2, -0.15) is 13.2 Å². The molecule has 0 bridgehead atoms. The fourth-order valence-electron chi connectivity index (χ4n) is 2.28. The third-order valence-corrected chi connectivity index (χ3v) is 3.44. The van der Waals surface area contributed by atoms with Crippen LogP contribution in [-0.2, 0) is 12.7 Å². The zero-order valence-electron chi connectivity index (χ0n) is 12.7. The number of aliphatic hydroxyl groups is 1. The molecule has 3 nitrogen and oxygen atoms in total. The summed E-state index contributed by atoms with van der Waals surface area (Å²) in [5, 5.41) is 9.21. The number of methoxy groups -OCH3 is 1. The van der Waals surface area contributed by atoms with E-state index in [2.05, 4.69) is 0 Å². The highest BCUT2D eigenvalue weighted by Gasteiger charge is 2.30. The monoisotopic (exact) mass is 325 g/mol. The number of aliphatic hydroxyl groups excluding tert-OH is 1. The Balaban J connectivity index is 2.22. The molecule has 0 saturated heterocycles. The molecule has 0 aliphatic heterocycles. The highest BCUT2D eigenvalue weighted by molar-refractivity contribution is 5.49. The van der Waals surface area contributed by atoms with Crippen LogP contribution in [0, 0.1) is 0 Å². The normalized spacial score (nSPS) is 11.3. The van der Waals surface area contributed by atoms with Gasteiger partial charge in [0.1, 0.15) is 5.75 Å². The van der Waals surface area contributed by atoms with Crippen LogP contribution in [0.25, 0.3) is 0 Å². The van der Waals surface area contributed by atoms with E-state index in [0.29, 0.717) is 17.9 Å². The minimum Gasteiger partial charge on any atom is -0.497 e. The maximum atomic E-state index is 12.8. The van der Waals surface area contributed by atoms with Crippen molar-refractivity contribution in [2.24, 2.45) is 0 Å². The molecule has 0 aliphatic rings. The second kappa shape index (κ2) is 7.37. The number of hydrogen-bond donors (Lipinski definition) is 1. The number of rotatable bonds is 6. The minimum absolute atomic E-state index is 0.0923. The Hall–Kier alpha value is -2.21. The van der Waals surface area contributed by atoms with E-state index in [-0.39, 0.29) is 13.2 Å². The Morgan fingerprint density at radius 3 is 2.35 bits per heavy atom. The lowest BCUT2D eigenvalue weighted by Crippen LogP contribution is -2.26. The van der Waals surface area contributed by atoms with Crippen LogP contribution in [0.5, 0.6) is 5.75 Å². The average Bonchev–Trinajstić information content (AvgIpc) is 2.54. The van der Waals surface area contributed by atoms with Crippen molar-refractivity contribution in [3.8, 4) is 5.75 Å². The Kier molecular flexibility index (Phi) is 5.50. The Morgan fingerprint density at radius 1 is 1.09 bits per heavy atom. The number of anilines is 1. The fraction of sp³-hybridized carbons (Fsp3) is 0.294. The number of hydrogen-bond acceptors (Lipinski definition) is 3. The summed E-state index contributed by atoms with van der Waals surface area (Å²) in [6.45, 7) is 0.504. The van der Waals surface area contributed by atoms with Crippen molar-refractivity contribution >= 4 is 5.69 Å². The van der Waals surface area contributed by atoms with Crippen LogP contribution in [-0.4, -0.2) is 25.4 Å². The van der Waals surface area contributed by atoms with Gasteiger partial charge in [0.2, 0.25) is 0 Å². The highest BCUT2D eigenvalue weighted by atomic mass is 19.4. The maximum Gasteiger partial charge on any atom is 0.416 e.